The second-order valence-corrected chi connectivity index (χ2v) is 7.15. The molecule has 0 saturated carbocycles. The maximum absolute atomic E-state index is 6.39. The van der Waals surface area contributed by atoms with Gasteiger partial charge in [-0.2, -0.15) is 0 Å². The molecule has 0 saturated heterocycles. The lowest BCUT2D eigenvalue weighted by Gasteiger charge is -2.32. The van der Waals surface area contributed by atoms with Crippen LogP contribution < -0.4 is 0 Å². The molecule has 0 aliphatic heterocycles. The quantitative estimate of drug-likeness (QED) is 0.625. The first-order valence-corrected chi connectivity index (χ1v) is 7.44. The highest BCUT2D eigenvalue weighted by Gasteiger charge is 2.28. The van der Waals surface area contributed by atoms with Crippen molar-refractivity contribution in [2.75, 3.05) is 0 Å². The Labute approximate surface area is 115 Å². The number of benzene rings is 1. The number of hydrogen-bond donors (Lipinski definition) is 0. The van der Waals surface area contributed by atoms with E-state index in [1.165, 1.54) is 30.4 Å². The van der Waals surface area contributed by atoms with E-state index in [4.69, 9.17) is 11.6 Å². The standard InChI is InChI=1S/C17H21Cl/c1-17(2)10-15(9-16(18)11-17)14-7-6-12-4-3-5-13(12)8-14/h6-9,16H,3-5,10-11H2,1-2H3. The highest BCUT2D eigenvalue weighted by Crippen LogP contribution is 2.41. The Kier molecular flexibility index (Phi) is 3.02. The highest BCUT2D eigenvalue weighted by atomic mass is 35.5. The van der Waals surface area contributed by atoms with Crippen molar-refractivity contribution in [3.05, 3.63) is 41.0 Å². The number of halogens is 1. The van der Waals surface area contributed by atoms with Crippen LogP contribution in [-0.2, 0) is 12.8 Å². The van der Waals surface area contributed by atoms with Gasteiger partial charge in [-0.1, -0.05) is 38.1 Å². The Balaban J connectivity index is 1.95. The van der Waals surface area contributed by atoms with Gasteiger partial charge in [0.25, 0.3) is 0 Å². The molecule has 3 rings (SSSR count). The molecule has 1 aromatic carbocycles. The fourth-order valence-electron chi connectivity index (χ4n) is 3.42. The Morgan fingerprint density at radius 1 is 1.17 bits per heavy atom. The normalized spacial score (nSPS) is 25.7. The summed E-state index contributed by atoms with van der Waals surface area (Å²) in [6.07, 6.45) is 8.34. The van der Waals surface area contributed by atoms with E-state index in [-0.39, 0.29) is 5.38 Å². The van der Waals surface area contributed by atoms with Crippen molar-refractivity contribution in [2.24, 2.45) is 5.41 Å². The maximum Gasteiger partial charge on any atom is 0.0527 e. The van der Waals surface area contributed by atoms with Gasteiger partial charge in [0.1, 0.15) is 0 Å². The van der Waals surface area contributed by atoms with Crippen LogP contribution in [0, 0.1) is 5.41 Å². The third-order valence-corrected chi connectivity index (χ3v) is 4.55. The van der Waals surface area contributed by atoms with Crippen LogP contribution in [0.25, 0.3) is 5.57 Å². The number of fused-ring (bicyclic) bond motifs is 1. The van der Waals surface area contributed by atoms with Gasteiger partial charge < -0.3 is 0 Å². The first kappa shape index (κ1) is 12.3. The molecule has 1 aromatic rings. The van der Waals surface area contributed by atoms with Gasteiger partial charge in [0, 0.05) is 0 Å². The summed E-state index contributed by atoms with van der Waals surface area (Å²) in [5.74, 6) is 0. The van der Waals surface area contributed by atoms with Crippen LogP contribution in [-0.4, -0.2) is 5.38 Å². The van der Waals surface area contributed by atoms with Crippen molar-refractivity contribution in [3.8, 4) is 0 Å². The number of hydrogen-bond acceptors (Lipinski definition) is 0. The summed E-state index contributed by atoms with van der Waals surface area (Å²) in [5, 5.41) is 0.192. The molecule has 0 amide bonds. The first-order chi connectivity index (χ1) is 8.53. The minimum absolute atomic E-state index is 0.192. The summed E-state index contributed by atoms with van der Waals surface area (Å²) >= 11 is 6.39. The van der Waals surface area contributed by atoms with Crippen LogP contribution in [0.15, 0.2) is 24.3 Å². The summed E-state index contributed by atoms with van der Waals surface area (Å²) in [7, 11) is 0. The number of aryl methyl sites for hydroxylation is 2. The van der Waals surface area contributed by atoms with E-state index in [0.29, 0.717) is 5.41 Å². The predicted octanol–water partition coefficient (Wildman–Crippen LogP) is 4.99. The Hall–Kier alpha value is -0.750. The van der Waals surface area contributed by atoms with Gasteiger partial charge in [-0.15, -0.1) is 11.6 Å². The molecule has 0 heterocycles. The fourth-order valence-corrected chi connectivity index (χ4v) is 3.99. The van der Waals surface area contributed by atoms with Crippen molar-refractivity contribution >= 4 is 17.2 Å². The molecule has 1 unspecified atom stereocenters. The number of allylic oxidation sites excluding steroid dienone is 2. The Morgan fingerprint density at radius 2 is 1.94 bits per heavy atom. The van der Waals surface area contributed by atoms with E-state index in [1.807, 2.05) is 0 Å². The van der Waals surface area contributed by atoms with Crippen LogP contribution in [0.3, 0.4) is 0 Å². The van der Waals surface area contributed by atoms with E-state index in [0.717, 1.165) is 12.8 Å². The van der Waals surface area contributed by atoms with Crippen molar-refractivity contribution in [2.45, 2.75) is 51.3 Å². The van der Waals surface area contributed by atoms with Crippen molar-refractivity contribution in [3.63, 3.8) is 0 Å². The smallest absolute Gasteiger partial charge is 0.0527 e. The molecule has 0 spiro atoms. The lowest BCUT2D eigenvalue weighted by molar-refractivity contribution is 0.340. The first-order valence-electron chi connectivity index (χ1n) is 7.00. The van der Waals surface area contributed by atoms with Crippen molar-refractivity contribution in [1.82, 2.24) is 0 Å². The van der Waals surface area contributed by atoms with E-state index in [1.54, 1.807) is 11.1 Å². The van der Waals surface area contributed by atoms with E-state index in [2.05, 4.69) is 38.1 Å². The van der Waals surface area contributed by atoms with E-state index in [9.17, 15) is 0 Å². The predicted molar refractivity (Wildman–Crippen MR) is 79.1 cm³/mol. The summed E-state index contributed by atoms with van der Waals surface area (Å²) < 4.78 is 0. The zero-order valence-electron chi connectivity index (χ0n) is 11.3. The second-order valence-electron chi connectivity index (χ2n) is 6.59. The highest BCUT2D eigenvalue weighted by molar-refractivity contribution is 6.22. The summed E-state index contributed by atoms with van der Waals surface area (Å²) in [6.45, 7) is 4.64. The summed E-state index contributed by atoms with van der Waals surface area (Å²) in [5.41, 5.74) is 6.28. The molecule has 0 N–H and O–H groups in total. The van der Waals surface area contributed by atoms with Gasteiger partial charge in [0.15, 0.2) is 0 Å². The summed E-state index contributed by atoms with van der Waals surface area (Å²) in [6, 6.07) is 7.02. The molecule has 2 aliphatic rings. The van der Waals surface area contributed by atoms with Gasteiger partial charge in [-0.05, 0) is 59.8 Å². The second kappa shape index (κ2) is 4.42. The lowest BCUT2D eigenvalue weighted by Crippen LogP contribution is -2.21. The molecule has 0 bridgehead atoms. The topological polar surface area (TPSA) is 0 Å². The molecule has 0 fully saturated rings. The average molecular weight is 261 g/mol. The van der Waals surface area contributed by atoms with Gasteiger partial charge >= 0.3 is 0 Å². The van der Waals surface area contributed by atoms with Gasteiger partial charge in [0.2, 0.25) is 0 Å². The minimum Gasteiger partial charge on any atom is -0.118 e. The van der Waals surface area contributed by atoms with Crippen LogP contribution in [0.5, 0.6) is 0 Å². The van der Waals surface area contributed by atoms with Crippen molar-refractivity contribution in [1.29, 1.82) is 0 Å². The molecule has 0 nitrogen and oxygen atoms in total. The average Bonchev–Trinajstić information content (AvgIpc) is 2.72. The van der Waals surface area contributed by atoms with Gasteiger partial charge in [0.05, 0.1) is 5.38 Å². The largest absolute Gasteiger partial charge is 0.118 e. The molecular formula is C17H21Cl. The van der Waals surface area contributed by atoms with Crippen LogP contribution in [0.4, 0.5) is 0 Å². The molecular weight excluding hydrogens is 240 g/mol. The van der Waals surface area contributed by atoms with Crippen LogP contribution in [0.2, 0.25) is 0 Å². The van der Waals surface area contributed by atoms with Crippen LogP contribution in [0.1, 0.15) is 49.8 Å². The maximum atomic E-state index is 6.39. The molecule has 1 heteroatoms. The molecule has 2 aliphatic carbocycles. The molecule has 18 heavy (non-hydrogen) atoms. The molecule has 0 radical (unpaired) electrons. The van der Waals surface area contributed by atoms with E-state index >= 15 is 0 Å². The third-order valence-electron chi connectivity index (χ3n) is 4.27. The van der Waals surface area contributed by atoms with E-state index < -0.39 is 0 Å². The lowest BCUT2D eigenvalue weighted by atomic mass is 9.75. The van der Waals surface area contributed by atoms with Gasteiger partial charge in [-0.25, -0.2) is 0 Å². The zero-order chi connectivity index (χ0) is 12.8. The number of rotatable bonds is 1. The van der Waals surface area contributed by atoms with Crippen molar-refractivity contribution < 1.29 is 0 Å². The van der Waals surface area contributed by atoms with Crippen LogP contribution >= 0.6 is 11.6 Å². The number of alkyl halides is 1. The summed E-state index contributed by atoms with van der Waals surface area (Å²) in [4.78, 5) is 0. The zero-order valence-corrected chi connectivity index (χ0v) is 12.1. The fraction of sp³-hybridized carbons (Fsp3) is 0.529. The molecule has 1 atom stereocenters. The minimum atomic E-state index is 0.192. The van der Waals surface area contributed by atoms with Gasteiger partial charge in [-0.3, -0.25) is 0 Å². The third kappa shape index (κ3) is 2.36. The Bertz CT molecular complexity index is 496. The molecule has 96 valence electrons. The monoisotopic (exact) mass is 260 g/mol. The molecule has 0 aromatic heterocycles. The Morgan fingerprint density at radius 3 is 2.72 bits per heavy atom. The SMILES string of the molecule is CC1(C)CC(c2ccc3c(c2)CCC3)=CC(Cl)C1.